The van der Waals surface area contributed by atoms with Crippen LogP contribution in [0.15, 0.2) is 108 Å². The lowest BCUT2D eigenvalue weighted by atomic mass is 9.95. The number of methoxy groups -OCH3 is 2. The Bertz CT molecular complexity index is 1700. The van der Waals surface area contributed by atoms with Gasteiger partial charge in [-0.05, 0) is 66.2 Å². The lowest BCUT2D eigenvalue weighted by molar-refractivity contribution is -0.214. The van der Waals surface area contributed by atoms with Crippen LogP contribution in [0.1, 0.15) is 33.2 Å². The zero-order chi connectivity index (χ0) is 33.6. The van der Waals surface area contributed by atoms with Crippen molar-refractivity contribution in [2.24, 2.45) is 0 Å². The quantitative estimate of drug-likeness (QED) is 0.136. The number of ether oxygens (including phenoxy) is 6. The average Bonchev–Trinajstić information content (AvgIpc) is 3.36. The summed E-state index contributed by atoms with van der Waals surface area (Å²) in [7, 11) is 3.17. The number of amides is 2. The van der Waals surface area contributed by atoms with Crippen molar-refractivity contribution < 1.29 is 42.8 Å². The Morgan fingerprint density at radius 2 is 1.31 bits per heavy atom. The number of fused-ring (bicyclic) bond motifs is 1. The molecule has 6 rings (SSSR count). The highest BCUT2D eigenvalue weighted by atomic mass is 32.2. The van der Waals surface area contributed by atoms with Crippen LogP contribution in [0.25, 0.3) is 0 Å². The number of thioether (sulfide) groups is 1. The van der Waals surface area contributed by atoms with Gasteiger partial charge in [0.15, 0.2) is 6.10 Å². The minimum Gasteiger partial charge on any atom is -0.497 e. The maximum atomic E-state index is 14.0. The maximum Gasteiger partial charge on any atom is 0.303 e. The largest absolute Gasteiger partial charge is 0.497 e. The fraction of sp³-hybridized carbons (Fsp3) is 0.270. The van der Waals surface area contributed by atoms with Gasteiger partial charge >= 0.3 is 5.97 Å². The fourth-order valence-corrected chi connectivity index (χ4v) is 6.99. The van der Waals surface area contributed by atoms with Crippen LogP contribution in [-0.2, 0) is 25.6 Å². The van der Waals surface area contributed by atoms with Gasteiger partial charge in [0.1, 0.15) is 47.5 Å². The van der Waals surface area contributed by atoms with Gasteiger partial charge in [-0.25, -0.2) is 0 Å². The van der Waals surface area contributed by atoms with Crippen molar-refractivity contribution in [3.05, 3.63) is 120 Å². The first-order valence-electron chi connectivity index (χ1n) is 15.4. The molecule has 0 spiro atoms. The molecule has 0 N–H and O–H groups in total. The average molecular weight is 670 g/mol. The normalized spacial score (nSPS) is 21.8. The van der Waals surface area contributed by atoms with Gasteiger partial charge in [-0.1, -0.05) is 54.2 Å². The molecule has 48 heavy (non-hydrogen) atoms. The molecule has 2 amide bonds. The Morgan fingerprint density at radius 1 is 0.750 bits per heavy atom. The number of carbonyl (C=O) groups excluding carboxylic acids is 3. The Hall–Kier alpha value is -4.84. The molecule has 5 atom stereocenters. The number of carbonyl (C=O) groups is 3. The van der Waals surface area contributed by atoms with Crippen molar-refractivity contribution in [2.75, 3.05) is 20.8 Å². The standard InChI is InChI=1S/C37H35NO9S/c1-23(39)46-33-31(22-44-27-19-17-26(43-3)18-20-27)47-37(48-28-9-5-4-6-10-28)32(34(33)45-21-24-13-15-25(42-2)16-14-24)38-35(40)29-11-7-8-12-30(29)36(38)41/h4-20,31-34,37H,21-22H2,1-3H3/t31-,32-,33-,34-,37+/m1/s1. The number of rotatable bonds is 12. The summed E-state index contributed by atoms with van der Waals surface area (Å²) in [6.45, 7) is 1.36. The summed E-state index contributed by atoms with van der Waals surface area (Å²) in [5, 5.41) is 0. The van der Waals surface area contributed by atoms with E-state index in [9.17, 15) is 14.4 Å². The van der Waals surface area contributed by atoms with Crippen LogP contribution in [0, 0.1) is 0 Å². The number of benzene rings is 4. The van der Waals surface area contributed by atoms with Gasteiger partial charge in [0.25, 0.3) is 11.8 Å². The topological polar surface area (TPSA) is 110 Å². The van der Waals surface area contributed by atoms with E-state index in [1.807, 2.05) is 54.6 Å². The summed E-state index contributed by atoms with van der Waals surface area (Å²) in [5.74, 6) is 0.370. The van der Waals surface area contributed by atoms with Gasteiger partial charge < -0.3 is 28.4 Å². The van der Waals surface area contributed by atoms with Gasteiger partial charge in [0.2, 0.25) is 0 Å². The molecule has 2 aliphatic rings. The number of hydrogen-bond donors (Lipinski definition) is 0. The van der Waals surface area contributed by atoms with Gasteiger partial charge in [-0.3, -0.25) is 19.3 Å². The molecule has 1 fully saturated rings. The van der Waals surface area contributed by atoms with Gasteiger partial charge in [-0.2, -0.15) is 0 Å². The summed E-state index contributed by atoms with van der Waals surface area (Å²) in [5.41, 5.74) is 0.553. The van der Waals surface area contributed by atoms with Crippen molar-refractivity contribution in [2.45, 2.75) is 48.2 Å². The third-order valence-corrected chi connectivity index (χ3v) is 9.28. The molecule has 10 nitrogen and oxygen atoms in total. The molecule has 0 aliphatic carbocycles. The summed E-state index contributed by atoms with van der Waals surface area (Å²) in [6, 6.07) is 29.6. The number of imide groups is 1. The third kappa shape index (κ3) is 7.18. The van der Waals surface area contributed by atoms with Crippen molar-refractivity contribution in [1.29, 1.82) is 0 Å². The summed E-state index contributed by atoms with van der Waals surface area (Å²) >= 11 is 1.35. The predicted octanol–water partition coefficient (Wildman–Crippen LogP) is 5.78. The molecule has 0 unspecified atom stereocenters. The Labute approximate surface area is 282 Å². The maximum absolute atomic E-state index is 14.0. The molecule has 1 saturated heterocycles. The van der Waals surface area contributed by atoms with Crippen LogP contribution in [0.5, 0.6) is 17.2 Å². The van der Waals surface area contributed by atoms with Gasteiger partial charge in [0, 0.05) is 11.8 Å². The van der Waals surface area contributed by atoms with E-state index in [4.69, 9.17) is 28.4 Å². The summed E-state index contributed by atoms with van der Waals surface area (Å²) in [6.07, 6.45) is -2.90. The molecule has 0 bridgehead atoms. The Balaban J connectivity index is 1.40. The highest BCUT2D eigenvalue weighted by Crippen LogP contribution is 2.41. The monoisotopic (exact) mass is 669 g/mol. The van der Waals surface area contributed by atoms with E-state index >= 15 is 0 Å². The van der Waals surface area contributed by atoms with Crippen molar-refractivity contribution in [1.82, 2.24) is 4.90 Å². The van der Waals surface area contributed by atoms with Crippen LogP contribution in [0.2, 0.25) is 0 Å². The van der Waals surface area contributed by atoms with E-state index < -0.39 is 47.6 Å². The second-order valence-corrected chi connectivity index (χ2v) is 12.3. The molecular formula is C37H35NO9S. The van der Waals surface area contributed by atoms with E-state index in [1.54, 1.807) is 62.8 Å². The lowest BCUT2D eigenvalue weighted by Crippen LogP contribution is -2.66. The highest BCUT2D eigenvalue weighted by Gasteiger charge is 2.56. The van der Waals surface area contributed by atoms with E-state index in [-0.39, 0.29) is 24.3 Å². The minimum atomic E-state index is -1.05. The smallest absolute Gasteiger partial charge is 0.303 e. The van der Waals surface area contributed by atoms with E-state index in [0.717, 1.165) is 10.5 Å². The molecule has 248 valence electrons. The molecular weight excluding hydrogens is 634 g/mol. The second kappa shape index (κ2) is 14.9. The first kappa shape index (κ1) is 33.1. The molecule has 2 aliphatic heterocycles. The Morgan fingerprint density at radius 3 is 1.90 bits per heavy atom. The van der Waals surface area contributed by atoms with Crippen molar-refractivity contribution in [3.63, 3.8) is 0 Å². The molecule has 0 radical (unpaired) electrons. The first-order valence-corrected chi connectivity index (χ1v) is 16.3. The molecule has 2 heterocycles. The van der Waals surface area contributed by atoms with Gasteiger partial charge in [0.05, 0.1) is 32.0 Å². The van der Waals surface area contributed by atoms with Crippen LogP contribution >= 0.6 is 11.8 Å². The predicted molar refractivity (Wildman–Crippen MR) is 177 cm³/mol. The number of esters is 1. The lowest BCUT2D eigenvalue weighted by Gasteiger charge is -2.47. The van der Waals surface area contributed by atoms with Crippen LogP contribution in [0.4, 0.5) is 0 Å². The SMILES string of the molecule is COc1ccc(CO[C@H]2[C@H](OC(C)=O)[C@@H](COc3ccc(OC)cc3)O[C@@H](Sc3ccccc3)[C@@H]2N2C(=O)c3ccccc3C2=O)cc1. The molecule has 0 aromatic heterocycles. The molecule has 11 heteroatoms. The van der Waals surface area contributed by atoms with Crippen molar-refractivity contribution in [3.8, 4) is 17.2 Å². The zero-order valence-electron chi connectivity index (χ0n) is 26.6. The first-order chi connectivity index (χ1) is 23.4. The van der Waals surface area contributed by atoms with Gasteiger partial charge in [-0.15, -0.1) is 0 Å². The summed E-state index contributed by atoms with van der Waals surface area (Å²) < 4.78 is 36.0. The summed E-state index contributed by atoms with van der Waals surface area (Å²) in [4.78, 5) is 42.7. The zero-order valence-corrected chi connectivity index (χ0v) is 27.5. The van der Waals surface area contributed by atoms with E-state index in [1.165, 1.54) is 23.6 Å². The van der Waals surface area contributed by atoms with Crippen LogP contribution < -0.4 is 14.2 Å². The van der Waals surface area contributed by atoms with E-state index in [2.05, 4.69) is 0 Å². The van der Waals surface area contributed by atoms with Crippen LogP contribution in [0.3, 0.4) is 0 Å². The minimum absolute atomic E-state index is 0.0205. The second-order valence-electron chi connectivity index (χ2n) is 11.2. The van der Waals surface area contributed by atoms with Crippen molar-refractivity contribution >= 4 is 29.5 Å². The molecule has 4 aromatic rings. The highest BCUT2D eigenvalue weighted by molar-refractivity contribution is 7.99. The Kier molecular flexibility index (Phi) is 10.3. The van der Waals surface area contributed by atoms with E-state index in [0.29, 0.717) is 17.2 Å². The molecule has 4 aromatic carbocycles. The van der Waals surface area contributed by atoms with Crippen LogP contribution in [-0.4, -0.2) is 73.3 Å². The molecule has 0 saturated carbocycles. The number of nitrogens with zero attached hydrogens (tertiary/aromatic N) is 1. The number of hydrogen-bond acceptors (Lipinski definition) is 10. The fourth-order valence-electron chi connectivity index (χ4n) is 5.80. The third-order valence-electron chi connectivity index (χ3n) is 8.11.